The van der Waals surface area contributed by atoms with Gasteiger partial charge in [-0.1, -0.05) is 42.5 Å². The molecule has 0 saturated carbocycles. The smallest absolute Gasteiger partial charge is 0.255 e. The summed E-state index contributed by atoms with van der Waals surface area (Å²) in [5.41, 5.74) is 4.73. The summed E-state index contributed by atoms with van der Waals surface area (Å²) in [5, 5.41) is 0.187. The molecule has 3 heteroatoms. The van der Waals surface area contributed by atoms with Gasteiger partial charge in [0.15, 0.2) is 0 Å². The van der Waals surface area contributed by atoms with Gasteiger partial charge in [0.25, 0.3) is 5.91 Å². The third-order valence-corrected chi connectivity index (χ3v) is 5.37. The molecule has 2 aromatic carbocycles. The zero-order valence-electron chi connectivity index (χ0n) is 11.1. The summed E-state index contributed by atoms with van der Waals surface area (Å²) in [6, 6.07) is 16.5. The van der Waals surface area contributed by atoms with Gasteiger partial charge in [0.05, 0.1) is 0 Å². The highest BCUT2D eigenvalue weighted by Crippen LogP contribution is 2.43. The predicted molar refractivity (Wildman–Crippen MR) is 81.7 cm³/mol. The van der Waals surface area contributed by atoms with Crippen LogP contribution in [0.5, 0.6) is 0 Å². The summed E-state index contributed by atoms with van der Waals surface area (Å²) in [5.74, 6) is 1.23. The molecule has 0 fully saturated rings. The van der Waals surface area contributed by atoms with E-state index in [2.05, 4.69) is 30.3 Å². The highest BCUT2D eigenvalue weighted by atomic mass is 32.2. The fourth-order valence-corrected chi connectivity index (χ4v) is 4.39. The summed E-state index contributed by atoms with van der Waals surface area (Å²) in [7, 11) is 0. The number of amides is 1. The molecular weight excluding hydrogens is 266 g/mol. The Morgan fingerprint density at radius 3 is 2.65 bits per heavy atom. The van der Waals surface area contributed by atoms with Crippen molar-refractivity contribution >= 4 is 17.7 Å². The summed E-state index contributed by atoms with van der Waals surface area (Å²) in [6.45, 7) is 0.724. The first-order chi connectivity index (χ1) is 9.84. The van der Waals surface area contributed by atoms with Crippen molar-refractivity contribution in [1.82, 2.24) is 4.90 Å². The number of nitrogens with zero attached hydrogens (tertiary/aromatic N) is 1. The average molecular weight is 281 g/mol. The number of hydrogen-bond donors (Lipinski definition) is 0. The standard InChI is InChI=1S/C17H15NOS/c19-16-14-7-3-4-8-15(14)17-18(16)11-13-6-2-1-5-12(13)9-10-20-17/h1-8,17H,9-11H2. The lowest BCUT2D eigenvalue weighted by Gasteiger charge is -2.28. The second-order valence-electron chi connectivity index (χ2n) is 5.26. The zero-order valence-corrected chi connectivity index (χ0v) is 11.9. The fraction of sp³-hybridized carbons (Fsp3) is 0.235. The van der Waals surface area contributed by atoms with Crippen molar-refractivity contribution in [2.24, 2.45) is 0 Å². The maximum atomic E-state index is 12.6. The molecule has 4 rings (SSSR count). The predicted octanol–water partition coefficient (Wildman–Crippen LogP) is 3.63. The number of carbonyl (C=O) groups excluding carboxylic acids is 1. The first kappa shape index (κ1) is 12.0. The van der Waals surface area contributed by atoms with Crippen LogP contribution in [0.1, 0.15) is 32.4 Å². The van der Waals surface area contributed by atoms with Crippen LogP contribution in [0.3, 0.4) is 0 Å². The van der Waals surface area contributed by atoms with E-state index in [0.29, 0.717) is 0 Å². The molecule has 100 valence electrons. The Morgan fingerprint density at radius 2 is 1.75 bits per heavy atom. The molecular formula is C17H15NOS. The summed E-state index contributed by atoms with van der Waals surface area (Å²) >= 11 is 1.88. The lowest BCUT2D eigenvalue weighted by Crippen LogP contribution is -2.28. The lowest BCUT2D eigenvalue weighted by molar-refractivity contribution is 0.0760. The van der Waals surface area contributed by atoms with Crippen molar-refractivity contribution < 1.29 is 4.79 Å². The second-order valence-corrected chi connectivity index (χ2v) is 6.45. The first-order valence-electron chi connectivity index (χ1n) is 6.93. The van der Waals surface area contributed by atoms with E-state index in [1.165, 1.54) is 16.7 Å². The quantitative estimate of drug-likeness (QED) is 0.735. The van der Waals surface area contributed by atoms with Gasteiger partial charge < -0.3 is 4.90 Å². The van der Waals surface area contributed by atoms with Gasteiger partial charge in [-0.05, 0) is 34.9 Å². The monoisotopic (exact) mass is 281 g/mol. The minimum Gasteiger partial charge on any atom is -0.318 e. The first-order valence-corrected chi connectivity index (χ1v) is 7.98. The molecule has 2 aromatic rings. The van der Waals surface area contributed by atoms with Crippen LogP contribution in [0, 0.1) is 0 Å². The topological polar surface area (TPSA) is 20.3 Å². The molecule has 1 atom stereocenters. The van der Waals surface area contributed by atoms with Crippen molar-refractivity contribution in [3.05, 3.63) is 70.8 Å². The Kier molecular flexibility index (Phi) is 2.81. The van der Waals surface area contributed by atoms with Gasteiger partial charge in [0, 0.05) is 12.1 Å². The van der Waals surface area contributed by atoms with Gasteiger partial charge in [0.2, 0.25) is 0 Å². The molecule has 0 N–H and O–H groups in total. The van der Waals surface area contributed by atoms with E-state index >= 15 is 0 Å². The SMILES string of the molecule is O=C1c2ccccc2C2SCCc3ccccc3CN12. The van der Waals surface area contributed by atoms with Crippen LogP contribution in [-0.4, -0.2) is 16.6 Å². The molecule has 2 aliphatic heterocycles. The lowest BCUT2D eigenvalue weighted by atomic mass is 10.0. The van der Waals surface area contributed by atoms with Gasteiger partial charge in [-0.3, -0.25) is 4.79 Å². The molecule has 0 bridgehead atoms. The molecule has 2 aliphatic rings. The summed E-state index contributed by atoms with van der Waals surface area (Å²) in [4.78, 5) is 14.6. The van der Waals surface area contributed by atoms with Crippen molar-refractivity contribution in [3.63, 3.8) is 0 Å². The molecule has 2 heterocycles. The number of benzene rings is 2. The second kappa shape index (κ2) is 4.67. The third kappa shape index (κ3) is 1.77. The summed E-state index contributed by atoms with van der Waals surface area (Å²) in [6.07, 6.45) is 1.08. The number of fused-ring (bicyclic) bond motifs is 4. The van der Waals surface area contributed by atoms with E-state index in [9.17, 15) is 4.79 Å². The minimum atomic E-state index is 0.176. The Bertz CT molecular complexity index is 682. The molecule has 0 aliphatic carbocycles. The molecule has 0 aromatic heterocycles. The van der Waals surface area contributed by atoms with E-state index < -0.39 is 0 Å². The highest BCUT2D eigenvalue weighted by molar-refractivity contribution is 7.99. The number of carbonyl (C=O) groups is 1. The van der Waals surface area contributed by atoms with Gasteiger partial charge in [-0.2, -0.15) is 0 Å². The molecule has 1 amide bonds. The molecule has 0 radical (unpaired) electrons. The maximum Gasteiger partial charge on any atom is 0.255 e. The van der Waals surface area contributed by atoms with Crippen LogP contribution < -0.4 is 0 Å². The van der Waals surface area contributed by atoms with E-state index in [1.54, 1.807) is 0 Å². The van der Waals surface area contributed by atoms with Crippen molar-refractivity contribution in [3.8, 4) is 0 Å². The molecule has 0 saturated heterocycles. The number of aryl methyl sites for hydroxylation is 1. The maximum absolute atomic E-state index is 12.6. The Hall–Kier alpha value is -1.74. The van der Waals surface area contributed by atoms with E-state index in [-0.39, 0.29) is 11.3 Å². The van der Waals surface area contributed by atoms with Crippen molar-refractivity contribution in [1.29, 1.82) is 0 Å². The zero-order chi connectivity index (χ0) is 13.5. The van der Waals surface area contributed by atoms with E-state index in [1.807, 2.05) is 34.9 Å². The molecule has 2 nitrogen and oxygen atoms in total. The Morgan fingerprint density at radius 1 is 1.00 bits per heavy atom. The van der Waals surface area contributed by atoms with Gasteiger partial charge >= 0.3 is 0 Å². The number of thioether (sulfide) groups is 1. The molecule has 20 heavy (non-hydrogen) atoms. The number of hydrogen-bond acceptors (Lipinski definition) is 2. The normalized spacial score (nSPS) is 20.7. The third-order valence-electron chi connectivity index (χ3n) is 4.11. The van der Waals surface area contributed by atoms with Crippen LogP contribution >= 0.6 is 11.8 Å². The molecule has 1 unspecified atom stereocenters. The fourth-order valence-electron chi connectivity index (χ4n) is 3.09. The van der Waals surface area contributed by atoms with Crippen LogP contribution in [0.4, 0.5) is 0 Å². The van der Waals surface area contributed by atoms with E-state index in [4.69, 9.17) is 0 Å². The Labute approximate surface area is 122 Å². The van der Waals surface area contributed by atoms with Crippen LogP contribution in [0.25, 0.3) is 0 Å². The van der Waals surface area contributed by atoms with Gasteiger partial charge in [-0.15, -0.1) is 11.8 Å². The van der Waals surface area contributed by atoms with Gasteiger partial charge in [-0.25, -0.2) is 0 Å². The highest BCUT2D eigenvalue weighted by Gasteiger charge is 2.37. The van der Waals surface area contributed by atoms with Crippen LogP contribution in [0.15, 0.2) is 48.5 Å². The van der Waals surface area contributed by atoms with Crippen molar-refractivity contribution in [2.45, 2.75) is 18.3 Å². The minimum absolute atomic E-state index is 0.176. The molecule has 0 spiro atoms. The Balaban J connectivity index is 1.78. The largest absolute Gasteiger partial charge is 0.318 e. The van der Waals surface area contributed by atoms with Crippen LogP contribution in [-0.2, 0) is 13.0 Å². The number of rotatable bonds is 0. The van der Waals surface area contributed by atoms with Crippen LogP contribution in [0.2, 0.25) is 0 Å². The summed E-state index contributed by atoms with van der Waals surface area (Å²) < 4.78 is 0. The average Bonchev–Trinajstić information content (AvgIpc) is 2.72. The van der Waals surface area contributed by atoms with Crippen molar-refractivity contribution in [2.75, 3.05) is 5.75 Å². The van der Waals surface area contributed by atoms with Gasteiger partial charge in [0.1, 0.15) is 5.37 Å². The van der Waals surface area contributed by atoms with E-state index in [0.717, 1.165) is 24.3 Å².